The summed E-state index contributed by atoms with van der Waals surface area (Å²) >= 11 is 0. The van der Waals surface area contributed by atoms with Crippen molar-refractivity contribution < 1.29 is 14.3 Å². The number of benzene rings is 2. The van der Waals surface area contributed by atoms with Crippen molar-refractivity contribution >= 4 is 23.1 Å². The van der Waals surface area contributed by atoms with Gasteiger partial charge in [-0.15, -0.1) is 0 Å². The third-order valence-corrected chi connectivity index (χ3v) is 5.90. The molecule has 174 valence electrons. The number of carbonyl (C=O) groups excluding carboxylic acids is 2. The zero-order valence-electron chi connectivity index (χ0n) is 19.8. The number of pyridine rings is 1. The van der Waals surface area contributed by atoms with Crippen LogP contribution in [0.25, 0.3) is 5.57 Å². The summed E-state index contributed by atoms with van der Waals surface area (Å²) in [5.74, 6) is -0.0124. The Bertz CT molecular complexity index is 1200. The second-order valence-corrected chi connectivity index (χ2v) is 8.15. The molecular formula is C28H29N3O3. The van der Waals surface area contributed by atoms with Crippen molar-refractivity contribution in [2.45, 2.75) is 27.2 Å². The van der Waals surface area contributed by atoms with E-state index >= 15 is 0 Å². The molecule has 0 aliphatic carbocycles. The van der Waals surface area contributed by atoms with Gasteiger partial charge in [-0.2, -0.15) is 0 Å². The summed E-state index contributed by atoms with van der Waals surface area (Å²) in [5, 5.41) is 0. The number of anilines is 1. The first-order chi connectivity index (χ1) is 16.5. The number of aromatic nitrogens is 1. The Labute approximate surface area is 200 Å². The van der Waals surface area contributed by atoms with Gasteiger partial charge in [0.1, 0.15) is 11.4 Å². The van der Waals surface area contributed by atoms with E-state index in [-0.39, 0.29) is 11.8 Å². The summed E-state index contributed by atoms with van der Waals surface area (Å²) in [4.78, 5) is 34.9. The van der Waals surface area contributed by atoms with Gasteiger partial charge >= 0.3 is 0 Å². The summed E-state index contributed by atoms with van der Waals surface area (Å²) in [7, 11) is 0. The van der Waals surface area contributed by atoms with Gasteiger partial charge in [-0.3, -0.25) is 14.6 Å². The predicted octanol–water partition coefficient (Wildman–Crippen LogP) is 4.64. The van der Waals surface area contributed by atoms with Crippen molar-refractivity contribution in [2.75, 3.05) is 24.6 Å². The predicted molar refractivity (Wildman–Crippen MR) is 133 cm³/mol. The standard InChI is InChI=1S/C28H29N3O3/c1-4-30(18-15-21-13-16-29-17-14-21)26-25(22-11-9-20(3)10-12-22)27(32)31(28(26)33)23-7-6-8-24(19-23)34-5-2/h6-14,16-17,19H,4-5,15,18H2,1-3H3. The molecule has 0 spiro atoms. The van der Waals surface area contributed by atoms with Gasteiger partial charge in [0.15, 0.2) is 0 Å². The molecule has 2 heterocycles. The van der Waals surface area contributed by atoms with E-state index in [4.69, 9.17) is 4.74 Å². The highest BCUT2D eigenvalue weighted by molar-refractivity contribution is 6.45. The number of likely N-dealkylation sites (N-methyl/N-ethyl adjacent to an activating group) is 1. The van der Waals surface area contributed by atoms with Gasteiger partial charge < -0.3 is 9.64 Å². The number of ether oxygens (including phenoxy) is 1. The molecule has 6 heteroatoms. The van der Waals surface area contributed by atoms with Crippen LogP contribution in [-0.2, 0) is 16.0 Å². The summed E-state index contributed by atoms with van der Waals surface area (Å²) in [6.07, 6.45) is 4.27. The topological polar surface area (TPSA) is 62.7 Å². The summed E-state index contributed by atoms with van der Waals surface area (Å²) in [6.45, 7) is 7.61. The van der Waals surface area contributed by atoms with Crippen LogP contribution in [0.5, 0.6) is 5.75 Å². The molecule has 34 heavy (non-hydrogen) atoms. The zero-order valence-corrected chi connectivity index (χ0v) is 19.8. The Morgan fingerprint density at radius 1 is 0.941 bits per heavy atom. The average molecular weight is 456 g/mol. The number of imide groups is 1. The normalized spacial score (nSPS) is 13.6. The molecule has 0 saturated carbocycles. The number of hydrogen-bond donors (Lipinski definition) is 0. The monoisotopic (exact) mass is 455 g/mol. The summed E-state index contributed by atoms with van der Waals surface area (Å²) < 4.78 is 5.61. The highest BCUT2D eigenvalue weighted by Gasteiger charge is 2.42. The Hall–Kier alpha value is -3.93. The smallest absolute Gasteiger partial charge is 0.282 e. The molecular weight excluding hydrogens is 426 g/mol. The van der Waals surface area contributed by atoms with E-state index < -0.39 is 0 Å². The summed E-state index contributed by atoms with van der Waals surface area (Å²) in [6, 6.07) is 18.8. The van der Waals surface area contributed by atoms with Crippen molar-refractivity contribution in [1.82, 2.24) is 9.88 Å². The largest absolute Gasteiger partial charge is 0.494 e. The fourth-order valence-electron chi connectivity index (χ4n) is 4.15. The van der Waals surface area contributed by atoms with Crippen LogP contribution in [0.1, 0.15) is 30.5 Å². The minimum atomic E-state index is -0.320. The third-order valence-electron chi connectivity index (χ3n) is 5.90. The molecule has 3 aromatic rings. The molecule has 0 atom stereocenters. The van der Waals surface area contributed by atoms with E-state index in [9.17, 15) is 9.59 Å². The van der Waals surface area contributed by atoms with Crippen molar-refractivity contribution in [3.05, 3.63) is 95.4 Å². The van der Waals surface area contributed by atoms with Crippen LogP contribution in [0.15, 0.2) is 78.8 Å². The SMILES string of the molecule is CCOc1cccc(N2C(=O)C(c3ccc(C)cc3)=C(N(CC)CCc3ccncc3)C2=O)c1. The van der Waals surface area contributed by atoms with E-state index in [1.165, 1.54) is 4.90 Å². The maximum Gasteiger partial charge on any atom is 0.282 e. The number of hydrogen-bond acceptors (Lipinski definition) is 5. The molecule has 0 bridgehead atoms. The molecule has 0 saturated heterocycles. The second kappa shape index (κ2) is 10.3. The number of aryl methyl sites for hydroxylation is 1. The van der Waals surface area contributed by atoms with Gasteiger partial charge in [-0.05, 0) is 62.6 Å². The van der Waals surface area contributed by atoms with Gasteiger partial charge in [0.05, 0.1) is 17.9 Å². The highest BCUT2D eigenvalue weighted by atomic mass is 16.5. The number of nitrogens with zero attached hydrogens (tertiary/aromatic N) is 3. The minimum Gasteiger partial charge on any atom is -0.494 e. The maximum absolute atomic E-state index is 13.8. The lowest BCUT2D eigenvalue weighted by atomic mass is 10.0. The molecule has 0 N–H and O–H groups in total. The van der Waals surface area contributed by atoms with Gasteiger partial charge in [0.25, 0.3) is 11.8 Å². The number of rotatable bonds is 9. The molecule has 2 aromatic carbocycles. The molecule has 0 fully saturated rings. The first-order valence-corrected chi connectivity index (χ1v) is 11.6. The first kappa shape index (κ1) is 23.2. The number of carbonyl (C=O) groups is 2. The van der Waals surface area contributed by atoms with E-state index in [1.807, 2.05) is 68.1 Å². The van der Waals surface area contributed by atoms with E-state index in [2.05, 4.69) is 4.98 Å². The van der Waals surface area contributed by atoms with E-state index in [0.29, 0.717) is 42.4 Å². The van der Waals surface area contributed by atoms with Crippen LogP contribution in [0.2, 0.25) is 0 Å². The first-order valence-electron chi connectivity index (χ1n) is 11.6. The van der Waals surface area contributed by atoms with Gasteiger partial charge in [-0.25, -0.2) is 4.90 Å². The van der Waals surface area contributed by atoms with E-state index in [1.54, 1.807) is 30.6 Å². The Morgan fingerprint density at radius 2 is 1.68 bits per heavy atom. The molecule has 1 aliphatic heterocycles. The minimum absolute atomic E-state index is 0.314. The van der Waals surface area contributed by atoms with Crippen LogP contribution in [0.3, 0.4) is 0 Å². The van der Waals surface area contributed by atoms with E-state index in [0.717, 1.165) is 23.1 Å². The maximum atomic E-state index is 13.8. The quantitative estimate of drug-likeness (QED) is 0.440. The van der Waals surface area contributed by atoms with Crippen LogP contribution in [0, 0.1) is 6.92 Å². The lowest BCUT2D eigenvalue weighted by Crippen LogP contribution is -2.36. The Kier molecular flexibility index (Phi) is 7.07. The third kappa shape index (κ3) is 4.71. The van der Waals surface area contributed by atoms with Crippen molar-refractivity contribution in [1.29, 1.82) is 0 Å². The van der Waals surface area contributed by atoms with Crippen molar-refractivity contribution in [2.24, 2.45) is 0 Å². The lowest BCUT2D eigenvalue weighted by molar-refractivity contribution is -0.120. The van der Waals surface area contributed by atoms with Gasteiger partial charge in [0, 0.05) is 31.5 Å². The molecule has 1 aromatic heterocycles. The Balaban J connectivity index is 1.75. The van der Waals surface area contributed by atoms with Crippen molar-refractivity contribution in [3.8, 4) is 5.75 Å². The van der Waals surface area contributed by atoms with Crippen LogP contribution in [-0.4, -0.2) is 41.4 Å². The zero-order chi connectivity index (χ0) is 24.1. The van der Waals surface area contributed by atoms with Crippen LogP contribution >= 0.6 is 0 Å². The lowest BCUT2D eigenvalue weighted by Gasteiger charge is -2.25. The summed E-state index contributed by atoms with van der Waals surface area (Å²) in [5.41, 5.74) is 4.34. The Morgan fingerprint density at radius 3 is 2.35 bits per heavy atom. The molecule has 0 radical (unpaired) electrons. The highest BCUT2D eigenvalue weighted by Crippen LogP contribution is 2.36. The van der Waals surface area contributed by atoms with Gasteiger partial charge in [0.2, 0.25) is 0 Å². The second-order valence-electron chi connectivity index (χ2n) is 8.15. The fraction of sp³-hybridized carbons (Fsp3) is 0.250. The molecule has 6 nitrogen and oxygen atoms in total. The fourth-order valence-corrected chi connectivity index (χ4v) is 4.15. The van der Waals surface area contributed by atoms with Crippen LogP contribution in [0.4, 0.5) is 5.69 Å². The van der Waals surface area contributed by atoms with Crippen LogP contribution < -0.4 is 9.64 Å². The van der Waals surface area contributed by atoms with Gasteiger partial charge in [-0.1, -0.05) is 35.9 Å². The molecule has 0 unspecified atom stereocenters. The van der Waals surface area contributed by atoms with Crippen molar-refractivity contribution in [3.63, 3.8) is 0 Å². The average Bonchev–Trinajstić information content (AvgIpc) is 3.11. The molecule has 1 aliphatic rings. The molecule has 2 amide bonds. The number of amides is 2. The molecule has 4 rings (SSSR count).